The molecule has 1 aliphatic rings. The molecule has 1 atom stereocenters. The number of nitrogens with two attached hydrogens (primary N) is 1. The van der Waals surface area contributed by atoms with Crippen LogP contribution >= 0.6 is 0 Å². The number of rotatable bonds is 6. The molecule has 2 aromatic carbocycles. The minimum Gasteiger partial charge on any atom is -0.367 e. The summed E-state index contributed by atoms with van der Waals surface area (Å²) in [4.78, 5) is 38.3. The fourth-order valence-electron chi connectivity index (χ4n) is 4.38. The maximum absolute atomic E-state index is 15.4. The van der Waals surface area contributed by atoms with Crippen LogP contribution in [-0.4, -0.2) is 42.1 Å². The zero-order valence-electron chi connectivity index (χ0n) is 20.5. The average Bonchev–Trinajstić information content (AvgIpc) is 2.85. The fraction of sp³-hybridized carbons (Fsp3) is 0.269. The van der Waals surface area contributed by atoms with Crippen molar-refractivity contribution in [3.8, 4) is 11.1 Å². The first-order chi connectivity index (χ1) is 18.0. The fourth-order valence-corrected chi connectivity index (χ4v) is 4.38. The lowest BCUT2D eigenvalue weighted by Crippen LogP contribution is -2.49. The lowest BCUT2D eigenvalue weighted by Gasteiger charge is -2.35. The summed E-state index contributed by atoms with van der Waals surface area (Å²) in [5.74, 6) is -3.61. The van der Waals surface area contributed by atoms with Crippen LogP contribution < -0.4 is 26.8 Å². The molecule has 12 heteroatoms. The highest BCUT2D eigenvalue weighted by atomic mass is 19.3. The molecule has 1 aromatic heterocycles. The summed E-state index contributed by atoms with van der Waals surface area (Å²) in [5.41, 5.74) is 3.25. The van der Waals surface area contributed by atoms with Gasteiger partial charge in [0, 0.05) is 56.1 Å². The molecule has 200 valence electrons. The van der Waals surface area contributed by atoms with Crippen molar-refractivity contribution in [3.05, 3.63) is 81.3 Å². The number of amides is 2. The number of aryl methyl sites for hydroxylation is 1. The molecule has 1 unspecified atom stereocenters. The molecule has 0 spiro atoms. The Morgan fingerprint density at radius 2 is 1.84 bits per heavy atom. The van der Waals surface area contributed by atoms with Crippen molar-refractivity contribution < 1.29 is 27.2 Å². The molecule has 0 bridgehead atoms. The van der Waals surface area contributed by atoms with Crippen molar-refractivity contribution in [3.63, 3.8) is 0 Å². The van der Waals surface area contributed by atoms with Gasteiger partial charge in [-0.05, 0) is 36.8 Å². The molecule has 1 fully saturated rings. The second-order valence-electron chi connectivity index (χ2n) is 9.06. The molecule has 2 amide bonds. The van der Waals surface area contributed by atoms with Crippen LogP contribution in [0.1, 0.15) is 39.6 Å². The Balaban J connectivity index is 1.83. The molecule has 1 saturated heterocycles. The van der Waals surface area contributed by atoms with Gasteiger partial charge >= 0.3 is 0 Å². The minimum atomic E-state index is -3.09. The third kappa shape index (κ3) is 5.40. The number of piperazine rings is 1. The van der Waals surface area contributed by atoms with Gasteiger partial charge in [0.25, 0.3) is 23.8 Å². The number of pyridine rings is 1. The van der Waals surface area contributed by atoms with Gasteiger partial charge in [0.05, 0.1) is 22.5 Å². The first kappa shape index (κ1) is 26.9. The minimum absolute atomic E-state index is 0.0413. The number of primary amides is 1. The van der Waals surface area contributed by atoms with Crippen molar-refractivity contribution in [2.75, 3.05) is 29.9 Å². The summed E-state index contributed by atoms with van der Waals surface area (Å²) in [6.07, 6.45) is -2.08. The molecular formula is C26H25F4N5O3. The smallest absolute Gasteiger partial charge is 0.264 e. The van der Waals surface area contributed by atoms with E-state index in [1.807, 2.05) is 11.8 Å². The van der Waals surface area contributed by atoms with E-state index in [1.165, 1.54) is 25.2 Å². The summed E-state index contributed by atoms with van der Waals surface area (Å²) in [6, 6.07) is 6.56. The van der Waals surface area contributed by atoms with Crippen molar-refractivity contribution in [2.24, 2.45) is 12.8 Å². The molecule has 3 aromatic rings. The van der Waals surface area contributed by atoms with Crippen LogP contribution in [0.4, 0.5) is 28.9 Å². The van der Waals surface area contributed by atoms with E-state index < -0.39 is 46.6 Å². The molecule has 4 N–H and O–H groups in total. The summed E-state index contributed by atoms with van der Waals surface area (Å²) >= 11 is 0. The highest BCUT2D eigenvalue weighted by molar-refractivity contribution is 6.07. The molecule has 4 rings (SSSR count). The van der Waals surface area contributed by atoms with Crippen molar-refractivity contribution in [1.29, 1.82) is 0 Å². The number of benzene rings is 2. The zero-order valence-corrected chi connectivity index (χ0v) is 20.5. The van der Waals surface area contributed by atoms with Crippen LogP contribution in [0.15, 0.2) is 47.4 Å². The Morgan fingerprint density at radius 1 is 1.11 bits per heavy atom. The van der Waals surface area contributed by atoms with Crippen molar-refractivity contribution in [2.45, 2.75) is 19.4 Å². The SMILES string of the molecule is CC1CN(c2cc(F)c(-c3ccc(C(N)=O)c(F)c3)cc2NC(=O)c2cn(C)c(=O)cc2C(F)F)CCN1. The number of hydrogen-bond acceptors (Lipinski definition) is 5. The highest BCUT2D eigenvalue weighted by Gasteiger charge is 2.25. The molecule has 2 heterocycles. The number of anilines is 2. The van der Waals surface area contributed by atoms with E-state index in [0.717, 1.165) is 22.9 Å². The summed E-state index contributed by atoms with van der Waals surface area (Å²) in [7, 11) is 1.32. The second kappa shape index (κ2) is 10.7. The number of nitrogens with one attached hydrogen (secondary N) is 2. The molecule has 38 heavy (non-hydrogen) atoms. The molecular weight excluding hydrogens is 506 g/mol. The lowest BCUT2D eigenvalue weighted by atomic mass is 10.00. The van der Waals surface area contributed by atoms with Crippen LogP contribution in [-0.2, 0) is 7.05 Å². The maximum atomic E-state index is 15.4. The Morgan fingerprint density at radius 3 is 2.47 bits per heavy atom. The van der Waals surface area contributed by atoms with Gasteiger partial charge in [-0.1, -0.05) is 6.07 Å². The first-order valence-corrected chi connectivity index (χ1v) is 11.7. The van der Waals surface area contributed by atoms with Gasteiger partial charge in [-0.3, -0.25) is 14.4 Å². The maximum Gasteiger partial charge on any atom is 0.264 e. The summed E-state index contributed by atoms with van der Waals surface area (Å²) in [6.45, 7) is 3.44. The number of carbonyl (C=O) groups excluding carboxylic acids is 2. The van der Waals surface area contributed by atoms with Crippen molar-refractivity contribution in [1.82, 2.24) is 9.88 Å². The average molecular weight is 532 g/mol. The largest absolute Gasteiger partial charge is 0.367 e. The Bertz CT molecular complexity index is 1470. The summed E-state index contributed by atoms with van der Waals surface area (Å²) < 4.78 is 58.1. The monoisotopic (exact) mass is 531 g/mol. The van der Waals surface area contributed by atoms with E-state index in [-0.39, 0.29) is 28.4 Å². The molecule has 0 saturated carbocycles. The normalized spacial score (nSPS) is 15.6. The van der Waals surface area contributed by atoms with Crippen LogP contribution in [0.2, 0.25) is 0 Å². The van der Waals surface area contributed by atoms with Crippen LogP contribution in [0.25, 0.3) is 11.1 Å². The number of halogens is 4. The molecule has 0 aliphatic carbocycles. The Kier molecular flexibility index (Phi) is 7.53. The van der Waals surface area contributed by atoms with E-state index >= 15 is 4.39 Å². The van der Waals surface area contributed by atoms with E-state index in [1.54, 1.807) is 0 Å². The lowest BCUT2D eigenvalue weighted by molar-refractivity contribution is 0.0992. The predicted molar refractivity (Wildman–Crippen MR) is 135 cm³/mol. The van der Waals surface area contributed by atoms with E-state index in [4.69, 9.17) is 5.73 Å². The van der Waals surface area contributed by atoms with Gasteiger partial charge < -0.3 is 25.8 Å². The van der Waals surface area contributed by atoms with E-state index in [0.29, 0.717) is 31.4 Å². The van der Waals surface area contributed by atoms with Gasteiger partial charge in [-0.2, -0.15) is 0 Å². The Labute approximate surface area is 215 Å². The standard InChI is InChI=1S/C26H25F4N5O3/c1-13-11-35(6-5-32-13)22-10-20(28)16(14-3-4-15(25(31)37)19(27)7-14)8-21(22)33-26(38)18-12-34(2)23(36)9-17(18)24(29)30/h3-4,7-10,12-13,24,32H,5-6,11H2,1-2H3,(H2,31,37)(H,33,38). The predicted octanol–water partition coefficient (Wildman–Crippen LogP) is 3.42. The van der Waals surface area contributed by atoms with Crippen LogP contribution in [0.3, 0.4) is 0 Å². The van der Waals surface area contributed by atoms with Gasteiger partial charge in [0.2, 0.25) is 0 Å². The zero-order chi connectivity index (χ0) is 27.7. The van der Waals surface area contributed by atoms with E-state index in [9.17, 15) is 27.6 Å². The third-order valence-electron chi connectivity index (χ3n) is 6.33. The van der Waals surface area contributed by atoms with Gasteiger partial charge in [-0.25, -0.2) is 17.6 Å². The number of aromatic nitrogens is 1. The second-order valence-corrected chi connectivity index (χ2v) is 9.06. The van der Waals surface area contributed by atoms with Gasteiger partial charge in [0.1, 0.15) is 11.6 Å². The number of carbonyl (C=O) groups is 2. The topological polar surface area (TPSA) is 109 Å². The first-order valence-electron chi connectivity index (χ1n) is 11.7. The van der Waals surface area contributed by atoms with Crippen LogP contribution in [0.5, 0.6) is 0 Å². The van der Waals surface area contributed by atoms with Crippen LogP contribution in [0, 0.1) is 11.6 Å². The van der Waals surface area contributed by atoms with E-state index in [2.05, 4.69) is 10.6 Å². The van der Waals surface area contributed by atoms with Gasteiger partial charge in [0.15, 0.2) is 0 Å². The Hall–Kier alpha value is -4.19. The molecule has 0 radical (unpaired) electrons. The highest BCUT2D eigenvalue weighted by Crippen LogP contribution is 2.36. The number of alkyl halides is 2. The third-order valence-corrected chi connectivity index (χ3v) is 6.33. The summed E-state index contributed by atoms with van der Waals surface area (Å²) in [5, 5.41) is 5.83. The number of nitrogens with zero attached hydrogens (tertiary/aromatic N) is 2. The van der Waals surface area contributed by atoms with Crippen molar-refractivity contribution >= 4 is 23.2 Å². The number of hydrogen-bond donors (Lipinski definition) is 3. The molecule has 8 nitrogen and oxygen atoms in total. The molecule has 1 aliphatic heterocycles. The van der Waals surface area contributed by atoms with Gasteiger partial charge in [-0.15, -0.1) is 0 Å². The quantitative estimate of drug-likeness (QED) is 0.423.